The van der Waals surface area contributed by atoms with E-state index in [1.807, 2.05) is 29.2 Å². The smallest absolute Gasteiger partial charge is 0.289 e. The van der Waals surface area contributed by atoms with Gasteiger partial charge in [-0.2, -0.15) is 0 Å². The largest absolute Gasteiger partial charge is 0.493 e. The van der Waals surface area contributed by atoms with Gasteiger partial charge in [-0.25, -0.2) is 0 Å². The molecule has 5 heteroatoms. The molecule has 1 atom stereocenters. The first-order chi connectivity index (χ1) is 11.1. The molecule has 1 spiro atoms. The van der Waals surface area contributed by atoms with Gasteiger partial charge < -0.3 is 14.1 Å². The van der Waals surface area contributed by atoms with Gasteiger partial charge in [0.2, 0.25) is 0 Å². The number of fused-ring (bicyclic) bond motifs is 1. The zero-order valence-electron chi connectivity index (χ0n) is 13.7. The van der Waals surface area contributed by atoms with Gasteiger partial charge in [0, 0.05) is 30.6 Å². The van der Waals surface area contributed by atoms with Crippen molar-refractivity contribution in [3.05, 3.63) is 30.0 Å². The standard InChI is InChI=1S/C18H22N2O3/c1-19-10-8-18(19)7-4-9-20(12-18)17(21)15-11-13-5-3-6-14(22-2)16(13)23-15/h3,5-6,11H,4,7-10,12H2,1-2H3/t18-/m0/s1. The first kappa shape index (κ1) is 14.6. The summed E-state index contributed by atoms with van der Waals surface area (Å²) < 4.78 is 11.1. The van der Waals surface area contributed by atoms with Crippen LogP contribution in [-0.2, 0) is 0 Å². The summed E-state index contributed by atoms with van der Waals surface area (Å²) in [4.78, 5) is 17.2. The lowest BCUT2D eigenvalue weighted by atomic mass is 9.78. The average molecular weight is 314 g/mol. The molecule has 23 heavy (non-hydrogen) atoms. The number of carbonyl (C=O) groups excluding carboxylic acids is 1. The third kappa shape index (κ3) is 2.22. The molecule has 2 aromatic rings. The van der Waals surface area contributed by atoms with Crippen molar-refractivity contribution in [3.8, 4) is 5.75 Å². The molecule has 2 aliphatic heterocycles. The van der Waals surface area contributed by atoms with Gasteiger partial charge in [-0.1, -0.05) is 12.1 Å². The number of methoxy groups -OCH3 is 1. The molecular formula is C18H22N2O3. The van der Waals surface area contributed by atoms with Crippen LogP contribution in [0.4, 0.5) is 0 Å². The lowest BCUT2D eigenvalue weighted by molar-refractivity contribution is -0.0414. The van der Waals surface area contributed by atoms with Crippen molar-refractivity contribution in [1.29, 1.82) is 0 Å². The number of rotatable bonds is 2. The summed E-state index contributed by atoms with van der Waals surface area (Å²) in [7, 11) is 3.77. The van der Waals surface area contributed by atoms with Crippen LogP contribution in [0, 0.1) is 0 Å². The van der Waals surface area contributed by atoms with Crippen molar-refractivity contribution in [3.63, 3.8) is 0 Å². The Morgan fingerprint density at radius 3 is 2.87 bits per heavy atom. The first-order valence-corrected chi connectivity index (χ1v) is 8.20. The van der Waals surface area contributed by atoms with Crippen LogP contribution < -0.4 is 4.74 Å². The minimum absolute atomic E-state index is 0.0115. The van der Waals surface area contributed by atoms with Crippen molar-refractivity contribution in [1.82, 2.24) is 9.80 Å². The zero-order chi connectivity index (χ0) is 16.0. The Kier molecular flexibility index (Phi) is 3.34. The summed E-state index contributed by atoms with van der Waals surface area (Å²) in [6.07, 6.45) is 3.42. The summed E-state index contributed by atoms with van der Waals surface area (Å²) in [6, 6.07) is 7.52. The monoisotopic (exact) mass is 314 g/mol. The first-order valence-electron chi connectivity index (χ1n) is 8.20. The molecule has 0 aliphatic carbocycles. The highest BCUT2D eigenvalue weighted by atomic mass is 16.5. The van der Waals surface area contributed by atoms with Crippen LogP contribution in [0.5, 0.6) is 5.75 Å². The lowest BCUT2D eigenvalue weighted by Gasteiger charge is -2.55. The van der Waals surface area contributed by atoms with E-state index in [9.17, 15) is 4.79 Å². The second-order valence-corrected chi connectivity index (χ2v) is 6.72. The van der Waals surface area contributed by atoms with Gasteiger partial charge in [0.1, 0.15) is 0 Å². The number of furan rings is 1. The van der Waals surface area contributed by atoms with Crippen molar-refractivity contribution in [2.24, 2.45) is 0 Å². The molecule has 0 bridgehead atoms. The van der Waals surface area contributed by atoms with E-state index in [1.54, 1.807) is 7.11 Å². The number of likely N-dealkylation sites (N-methyl/N-ethyl adjacent to an activating group) is 1. The van der Waals surface area contributed by atoms with Gasteiger partial charge in [-0.3, -0.25) is 9.69 Å². The van der Waals surface area contributed by atoms with E-state index >= 15 is 0 Å². The average Bonchev–Trinajstić information content (AvgIpc) is 3.04. The number of amides is 1. The van der Waals surface area contributed by atoms with Crippen LogP contribution in [0.1, 0.15) is 29.8 Å². The van der Waals surface area contributed by atoms with Gasteiger partial charge in [-0.15, -0.1) is 0 Å². The molecule has 0 unspecified atom stereocenters. The predicted octanol–water partition coefficient (Wildman–Crippen LogP) is 2.75. The summed E-state index contributed by atoms with van der Waals surface area (Å²) in [5.74, 6) is 1.06. The van der Waals surface area contributed by atoms with E-state index < -0.39 is 0 Å². The number of piperidine rings is 1. The van der Waals surface area contributed by atoms with E-state index in [1.165, 1.54) is 12.8 Å². The molecule has 122 valence electrons. The molecule has 1 amide bonds. The Morgan fingerprint density at radius 1 is 1.30 bits per heavy atom. The van der Waals surface area contributed by atoms with Gasteiger partial charge in [0.25, 0.3) is 5.91 Å². The van der Waals surface area contributed by atoms with Crippen LogP contribution in [0.15, 0.2) is 28.7 Å². The number of nitrogens with zero attached hydrogens (tertiary/aromatic N) is 2. The number of ether oxygens (including phenoxy) is 1. The van der Waals surface area contributed by atoms with Crippen molar-refractivity contribution in [2.45, 2.75) is 24.8 Å². The number of likely N-dealkylation sites (tertiary alicyclic amines) is 2. The highest BCUT2D eigenvalue weighted by Crippen LogP contribution is 2.38. The fourth-order valence-electron chi connectivity index (χ4n) is 3.91. The minimum Gasteiger partial charge on any atom is -0.493 e. The lowest BCUT2D eigenvalue weighted by Crippen LogP contribution is -2.65. The van der Waals surface area contributed by atoms with Crippen molar-refractivity contribution < 1.29 is 13.9 Å². The third-order valence-electron chi connectivity index (χ3n) is 5.50. The maximum absolute atomic E-state index is 12.9. The highest BCUT2D eigenvalue weighted by Gasteiger charge is 2.46. The van der Waals surface area contributed by atoms with Gasteiger partial charge >= 0.3 is 0 Å². The number of hydrogen-bond acceptors (Lipinski definition) is 4. The Balaban J connectivity index is 1.61. The highest BCUT2D eigenvalue weighted by molar-refractivity contribution is 5.97. The molecule has 4 rings (SSSR count). The van der Waals surface area contributed by atoms with Crippen LogP contribution in [-0.4, -0.2) is 55.0 Å². The van der Waals surface area contributed by atoms with E-state index in [0.717, 1.165) is 31.4 Å². The molecule has 1 aromatic heterocycles. The molecule has 2 saturated heterocycles. The van der Waals surface area contributed by atoms with Crippen LogP contribution >= 0.6 is 0 Å². The summed E-state index contributed by atoms with van der Waals surface area (Å²) >= 11 is 0. The number of benzene rings is 1. The maximum atomic E-state index is 12.9. The molecule has 2 fully saturated rings. The van der Waals surface area contributed by atoms with E-state index in [4.69, 9.17) is 9.15 Å². The molecule has 0 radical (unpaired) electrons. The molecule has 1 aromatic carbocycles. The van der Waals surface area contributed by atoms with Gasteiger partial charge in [-0.05, 0) is 38.4 Å². The fourth-order valence-corrected chi connectivity index (χ4v) is 3.91. The third-order valence-corrected chi connectivity index (χ3v) is 5.50. The van der Waals surface area contributed by atoms with E-state index in [2.05, 4.69) is 11.9 Å². The van der Waals surface area contributed by atoms with Crippen LogP contribution in [0.3, 0.4) is 0 Å². The SMILES string of the molecule is COc1cccc2cc(C(=O)N3CCC[C@]4(CCN4C)C3)oc12. The molecule has 0 saturated carbocycles. The summed E-state index contributed by atoms with van der Waals surface area (Å²) in [6.45, 7) is 2.74. The van der Waals surface area contributed by atoms with Crippen LogP contribution in [0.25, 0.3) is 11.0 Å². The van der Waals surface area contributed by atoms with Crippen molar-refractivity contribution in [2.75, 3.05) is 33.8 Å². The molecule has 2 aliphatic rings. The minimum atomic E-state index is -0.0115. The Morgan fingerprint density at radius 2 is 2.17 bits per heavy atom. The number of para-hydroxylation sites is 1. The number of hydrogen-bond donors (Lipinski definition) is 0. The molecular weight excluding hydrogens is 292 g/mol. The summed E-state index contributed by atoms with van der Waals surface area (Å²) in [5, 5.41) is 0.903. The van der Waals surface area contributed by atoms with Crippen molar-refractivity contribution >= 4 is 16.9 Å². The fraction of sp³-hybridized carbons (Fsp3) is 0.500. The summed E-state index contributed by atoms with van der Waals surface area (Å²) in [5.41, 5.74) is 0.836. The molecule has 0 N–H and O–H groups in total. The second kappa shape index (κ2) is 5.27. The molecule has 3 heterocycles. The van der Waals surface area contributed by atoms with E-state index in [-0.39, 0.29) is 11.4 Å². The van der Waals surface area contributed by atoms with Gasteiger partial charge in [0.05, 0.1) is 7.11 Å². The quantitative estimate of drug-likeness (QED) is 0.855. The number of carbonyl (C=O) groups is 1. The Bertz CT molecular complexity index is 754. The predicted molar refractivity (Wildman–Crippen MR) is 87.9 cm³/mol. The normalized spacial score (nSPS) is 24.9. The maximum Gasteiger partial charge on any atom is 0.289 e. The van der Waals surface area contributed by atoms with E-state index in [0.29, 0.717) is 17.1 Å². The van der Waals surface area contributed by atoms with Crippen LogP contribution in [0.2, 0.25) is 0 Å². The topological polar surface area (TPSA) is 45.9 Å². The van der Waals surface area contributed by atoms with Gasteiger partial charge in [0.15, 0.2) is 17.1 Å². The second-order valence-electron chi connectivity index (χ2n) is 6.72. The Hall–Kier alpha value is -2.01. The molecule has 5 nitrogen and oxygen atoms in total. The zero-order valence-corrected chi connectivity index (χ0v) is 13.7. The Labute approximate surface area is 135 Å².